The molecule has 0 aromatic heterocycles. The standard InChI is InChI=1S/C18H18AsNO10/c1-11(21)20-14-9-13(7-8-15(14)22)19(27,28)30-17(25)18(26,29-10-16(23)24)12-5-3-2-4-6-12/h2-9,22,26H,10H2,1H3,(H,20,21)(H,23,24)(H,27,28). The monoisotopic (exact) mass is 483 g/mol. The van der Waals surface area contributed by atoms with Crippen molar-refractivity contribution in [1.82, 2.24) is 0 Å². The number of phenolic OH excluding ortho intramolecular Hbond substituents is 1. The van der Waals surface area contributed by atoms with E-state index in [2.05, 4.69) is 9.04 Å². The Morgan fingerprint density at radius 1 is 1.13 bits per heavy atom. The predicted octanol–water partition coefficient (Wildman–Crippen LogP) is -0.591. The Balaban J connectivity index is 2.37. The van der Waals surface area contributed by atoms with Gasteiger partial charge in [0.2, 0.25) is 0 Å². The van der Waals surface area contributed by atoms with Crippen molar-refractivity contribution in [3.63, 3.8) is 0 Å². The number of aliphatic carboxylic acids is 1. The molecule has 11 nitrogen and oxygen atoms in total. The van der Waals surface area contributed by atoms with Crippen LogP contribution in [0.2, 0.25) is 0 Å². The molecule has 2 unspecified atom stereocenters. The first-order chi connectivity index (χ1) is 14.0. The van der Waals surface area contributed by atoms with Gasteiger partial charge >= 0.3 is 173 Å². The van der Waals surface area contributed by atoms with Crippen molar-refractivity contribution in [3.8, 4) is 5.75 Å². The van der Waals surface area contributed by atoms with Gasteiger partial charge in [-0.15, -0.1) is 0 Å². The van der Waals surface area contributed by atoms with Crippen molar-refractivity contribution >= 4 is 42.1 Å². The summed E-state index contributed by atoms with van der Waals surface area (Å²) >= 11 is -5.70. The predicted molar refractivity (Wildman–Crippen MR) is 101 cm³/mol. The van der Waals surface area contributed by atoms with Crippen LogP contribution < -0.4 is 9.67 Å². The van der Waals surface area contributed by atoms with E-state index >= 15 is 0 Å². The van der Waals surface area contributed by atoms with Crippen molar-refractivity contribution in [2.45, 2.75) is 12.7 Å². The number of carboxylic acid groups (broad SMARTS) is 1. The quantitative estimate of drug-likeness (QED) is 0.185. The summed E-state index contributed by atoms with van der Waals surface area (Å²) < 4.78 is 32.0. The molecule has 2 aromatic rings. The van der Waals surface area contributed by atoms with Crippen LogP contribution in [0.1, 0.15) is 12.5 Å². The molecule has 5 N–H and O–H groups in total. The van der Waals surface area contributed by atoms with Crippen LogP contribution in [0, 0.1) is 0 Å². The number of aromatic hydroxyl groups is 1. The fraction of sp³-hybridized carbons (Fsp3) is 0.167. The molecule has 1 amide bonds. The van der Waals surface area contributed by atoms with Gasteiger partial charge in [-0.1, -0.05) is 0 Å². The van der Waals surface area contributed by atoms with Crippen LogP contribution in [-0.2, 0) is 32.4 Å². The van der Waals surface area contributed by atoms with E-state index in [1.807, 2.05) is 0 Å². The summed E-state index contributed by atoms with van der Waals surface area (Å²) in [6, 6.07) is 9.77. The third-order valence-corrected chi connectivity index (χ3v) is 6.49. The zero-order chi connectivity index (χ0) is 22.5. The second-order valence-corrected chi connectivity index (χ2v) is 9.62. The molecule has 30 heavy (non-hydrogen) atoms. The number of nitrogens with one attached hydrogen (secondary N) is 1. The number of carbonyl (C=O) groups is 3. The summed E-state index contributed by atoms with van der Waals surface area (Å²) in [6.07, 6.45) is 0. The van der Waals surface area contributed by atoms with E-state index in [1.54, 1.807) is 6.07 Å². The Morgan fingerprint density at radius 2 is 1.77 bits per heavy atom. The first-order valence-corrected chi connectivity index (χ1v) is 11.6. The number of hydrogen-bond acceptors (Lipinski definition) is 8. The first kappa shape index (κ1) is 23.2. The number of carboxylic acids is 1. The second kappa shape index (κ2) is 9.14. The number of amides is 1. The molecule has 0 bridgehead atoms. The Kier molecular flexibility index (Phi) is 7.06. The summed E-state index contributed by atoms with van der Waals surface area (Å²) in [5.74, 6) is -7.17. The zero-order valence-corrected chi connectivity index (χ0v) is 17.4. The molecule has 0 aliphatic carbocycles. The van der Waals surface area contributed by atoms with Crippen molar-refractivity contribution in [3.05, 3.63) is 54.1 Å². The van der Waals surface area contributed by atoms with Crippen LogP contribution in [0.4, 0.5) is 5.69 Å². The maximum absolute atomic E-state index is 12.7. The van der Waals surface area contributed by atoms with Gasteiger partial charge < -0.3 is 0 Å². The maximum atomic E-state index is 12.7. The van der Waals surface area contributed by atoms with E-state index in [9.17, 15) is 32.4 Å². The van der Waals surface area contributed by atoms with Gasteiger partial charge in [0.1, 0.15) is 0 Å². The summed E-state index contributed by atoms with van der Waals surface area (Å²) in [4.78, 5) is 34.6. The molecule has 0 radical (unpaired) electrons. The minimum absolute atomic E-state index is 0.202. The van der Waals surface area contributed by atoms with Crippen molar-refractivity contribution in [1.29, 1.82) is 0 Å². The molecule has 0 aliphatic rings. The second-order valence-electron chi connectivity index (χ2n) is 5.97. The molecule has 0 aliphatic heterocycles. The Labute approximate surface area is 172 Å². The molecule has 2 rings (SSSR count). The number of anilines is 1. The molecule has 0 fully saturated rings. The van der Waals surface area contributed by atoms with Crippen LogP contribution in [-0.4, -0.2) is 58.0 Å². The average molecular weight is 483 g/mol. The van der Waals surface area contributed by atoms with Crippen LogP contribution in [0.3, 0.4) is 0 Å². The minimum atomic E-state index is -5.70. The van der Waals surface area contributed by atoms with Crippen molar-refractivity contribution < 1.29 is 46.0 Å². The van der Waals surface area contributed by atoms with Crippen LogP contribution in [0.25, 0.3) is 0 Å². The first-order valence-electron chi connectivity index (χ1n) is 8.27. The van der Waals surface area contributed by atoms with E-state index in [0.29, 0.717) is 0 Å². The summed E-state index contributed by atoms with van der Waals surface area (Å²) in [7, 11) is 0. The van der Waals surface area contributed by atoms with Gasteiger partial charge in [0.05, 0.1) is 0 Å². The van der Waals surface area contributed by atoms with Crippen LogP contribution in [0.15, 0.2) is 48.5 Å². The number of rotatable bonds is 8. The van der Waals surface area contributed by atoms with E-state index < -0.39 is 54.5 Å². The van der Waals surface area contributed by atoms with Gasteiger partial charge in [-0.2, -0.15) is 0 Å². The Bertz CT molecular complexity index is 1010. The van der Waals surface area contributed by atoms with Crippen LogP contribution >= 0.6 is 0 Å². The van der Waals surface area contributed by atoms with E-state index in [1.165, 1.54) is 24.3 Å². The molecule has 12 heteroatoms. The molecule has 0 saturated carbocycles. The third-order valence-electron chi connectivity index (χ3n) is 3.67. The molecular weight excluding hydrogens is 465 g/mol. The number of ether oxygens (including phenoxy) is 1. The Morgan fingerprint density at radius 3 is 2.33 bits per heavy atom. The van der Waals surface area contributed by atoms with Crippen molar-refractivity contribution in [2.75, 3.05) is 11.9 Å². The Hall–Kier alpha value is -3.11. The topological polar surface area (TPSA) is 180 Å². The number of benzene rings is 2. The number of aliphatic hydroxyl groups is 1. The average Bonchev–Trinajstić information content (AvgIpc) is 2.67. The fourth-order valence-electron chi connectivity index (χ4n) is 2.31. The van der Waals surface area contributed by atoms with E-state index in [0.717, 1.165) is 25.1 Å². The molecule has 2 aromatic carbocycles. The van der Waals surface area contributed by atoms with Crippen LogP contribution in [0.5, 0.6) is 5.75 Å². The normalized spacial score (nSPS) is 14.8. The molecule has 0 spiro atoms. The number of hydrogen-bond donors (Lipinski definition) is 5. The van der Waals surface area contributed by atoms with Gasteiger partial charge in [0.25, 0.3) is 0 Å². The fourth-order valence-corrected chi connectivity index (χ4v) is 4.42. The summed E-state index contributed by atoms with van der Waals surface area (Å²) in [5, 5.41) is 31.4. The molecule has 160 valence electrons. The SMILES string of the molecule is CC(=O)Nc1cc([As](=O)(O)OC(=O)C(O)(OCC(=O)O)c2ccccc2)ccc1O. The molecular formula is C18H18AsNO10. The summed E-state index contributed by atoms with van der Waals surface area (Å²) in [5.41, 5.74) is -0.427. The zero-order valence-electron chi connectivity index (χ0n) is 15.5. The van der Waals surface area contributed by atoms with Gasteiger partial charge in [-0.3, -0.25) is 0 Å². The number of carbonyl (C=O) groups excluding carboxylic acids is 2. The molecule has 0 saturated heterocycles. The number of phenols is 1. The van der Waals surface area contributed by atoms with Gasteiger partial charge in [0, 0.05) is 0 Å². The summed E-state index contributed by atoms with van der Waals surface area (Å²) in [6.45, 7) is 0.0460. The van der Waals surface area contributed by atoms with E-state index in [-0.39, 0.29) is 11.3 Å². The van der Waals surface area contributed by atoms with Gasteiger partial charge in [-0.05, 0) is 0 Å². The van der Waals surface area contributed by atoms with E-state index in [4.69, 9.17) is 9.84 Å². The molecule has 2 atom stereocenters. The third kappa shape index (κ3) is 5.48. The van der Waals surface area contributed by atoms with Gasteiger partial charge in [0.15, 0.2) is 0 Å². The van der Waals surface area contributed by atoms with Crippen molar-refractivity contribution in [2.24, 2.45) is 0 Å². The van der Waals surface area contributed by atoms with Gasteiger partial charge in [-0.25, -0.2) is 0 Å². The molecule has 0 heterocycles.